The van der Waals surface area contributed by atoms with Gasteiger partial charge in [0.25, 0.3) is 0 Å². The monoisotopic (exact) mass is 364 g/mol. The highest BCUT2D eigenvalue weighted by molar-refractivity contribution is 5.55. The van der Waals surface area contributed by atoms with Gasteiger partial charge in [0.15, 0.2) is 5.82 Å². The Morgan fingerprint density at radius 3 is 2.44 bits per heavy atom. The first-order valence-corrected chi connectivity index (χ1v) is 9.00. The minimum atomic E-state index is -0.346. The molecule has 0 atom stereocenters. The zero-order valence-electron chi connectivity index (χ0n) is 14.9. The van der Waals surface area contributed by atoms with E-state index in [9.17, 15) is 4.39 Å². The van der Waals surface area contributed by atoms with Gasteiger partial charge in [-0.2, -0.15) is 10.1 Å². The van der Waals surface area contributed by atoms with Crippen molar-refractivity contribution < 1.29 is 4.39 Å². The second-order valence-corrected chi connectivity index (χ2v) is 6.49. The van der Waals surface area contributed by atoms with E-state index in [0.717, 1.165) is 38.5 Å². The summed E-state index contributed by atoms with van der Waals surface area (Å²) in [5.74, 6) is 0.702. The van der Waals surface area contributed by atoms with Gasteiger partial charge in [-0.15, -0.1) is 5.10 Å². The summed E-state index contributed by atoms with van der Waals surface area (Å²) < 4.78 is 13.8. The van der Waals surface area contributed by atoms with E-state index in [4.69, 9.17) is 0 Å². The zero-order chi connectivity index (χ0) is 18.5. The molecule has 1 fully saturated rings. The Bertz CT molecular complexity index is 880. The topological polar surface area (TPSA) is 57.2 Å². The highest BCUT2D eigenvalue weighted by Crippen LogP contribution is 2.19. The van der Waals surface area contributed by atoms with Gasteiger partial charge in [0.1, 0.15) is 5.82 Å². The Kier molecular flexibility index (Phi) is 5.20. The summed E-state index contributed by atoms with van der Waals surface area (Å²) >= 11 is 0. The molecule has 1 aliphatic heterocycles. The summed E-state index contributed by atoms with van der Waals surface area (Å²) in [4.78, 5) is 9.11. The predicted molar refractivity (Wildman–Crippen MR) is 103 cm³/mol. The lowest BCUT2D eigenvalue weighted by molar-refractivity contribution is 0.249. The Hall–Kier alpha value is -3.06. The molecule has 3 aromatic rings. The van der Waals surface area contributed by atoms with Crippen molar-refractivity contribution in [1.82, 2.24) is 20.1 Å². The maximum absolute atomic E-state index is 13.8. The van der Waals surface area contributed by atoms with Crippen LogP contribution in [0, 0.1) is 5.82 Å². The third-order valence-corrected chi connectivity index (χ3v) is 4.61. The molecule has 0 amide bonds. The Morgan fingerprint density at radius 1 is 0.926 bits per heavy atom. The first-order chi connectivity index (χ1) is 13.3. The second-order valence-electron chi connectivity index (χ2n) is 6.49. The standard InChI is InChI=1S/C20H21FN6/c21-17-8-4-5-9-18(17)23-20-24-19(14-22-25-20)27-12-10-26(11-13-27)15-16-6-2-1-3-7-16/h1-9,14H,10-13,15H2,(H,23,24,25). The normalized spacial score (nSPS) is 14.9. The van der Waals surface area contributed by atoms with E-state index in [1.54, 1.807) is 24.4 Å². The molecule has 2 heterocycles. The Balaban J connectivity index is 1.38. The molecule has 0 spiro atoms. The molecular formula is C20H21FN6. The summed E-state index contributed by atoms with van der Waals surface area (Å²) in [6.07, 6.45) is 1.65. The maximum atomic E-state index is 13.8. The molecule has 0 unspecified atom stereocenters. The number of anilines is 3. The van der Waals surface area contributed by atoms with E-state index in [0.29, 0.717) is 11.6 Å². The number of hydrogen-bond acceptors (Lipinski definition) is 6. The fourth-order valence-electron chi connectivity index (χ4n) is 3.16. The molecule has 1 N–H and O–H groups in total. The van der Waals surface area contributed by atoms with Gasteiger partial charge in [-0.1, -0.05) is 42.5 Å². The minimum Gasteiger partial charge on any atom is -0.353 e. The first kappa shape index (κ1) is 17.4. The Labute approximate surface area is 157 Å². The molecule has 0 saturated carbocycles. The SMILES string of the molecule is Fc1ccccc1Nc1nncc(N2CCN(Cc3ccccc3)CC2)n1. The average Bonchev–Trinajstić information content (AvgIpc) is 2.71. The number of aromatic nitrogens is 3. The molecule has 4 rings (SSSR count). The summed E-state index contributed by atoms with van der Waals surface area (Å²) in [6, 6.07) is 16.9. The molecule has 0 bridgehead atoms. The van der Waals surface area contributed by atoms with Crippen LogP contribution >= 0.6 is 0 Å². The smallest absolute Gasteiger partial charge is 0.249 e. The van der Waals surface area contributed by atoms with Gasteiger partial charge in [-0.05, 0) is 17.7 Å². The molecule has 1 aromatic heterocycles. The fraction of sp³-hybridized carbons (Fsp3) is 0.250. The van der Waals surface area contributed by atoms with E-state index in [2.05, 4.69) is 54.6 Å². The number of hydrogen-bond donors (Lipinski definition) is 1. The quantitative estimate of drug-likeness (QED) is 0.751. The molecule has 7 heteroatoms. The lowest BCUT2D eigenvalue weighted by atomic mass is 10.2. The van der Waals surface area contributed by atoms with Crippen molar-refractivity contribution in [3.63, 3.8) is 0 Å². The zero-order valence-corrected chi connectivity index (χ0v) is 14.9. The van der Waals surface area contributed by atoms with Crippen molar-refractivity contribution in [3.8, 4) is 0 Å². The summed E-state index contributed by atoms with van der Waals surface area (Å²) in [6.45, 7) is 4.59. The number of nitrogens with zero attached hydrogens (tertiary/aromatic N) is 5. The predicted octanol–water partition coefficient (Wildman–Crippen LogP) is 3.08. The van der Waals surface area contributed by atoms with Gasteiger partial charge < -0.3 is 10.2 Å². The van der Waals surface area contributed by atoms with E-state index >= 15 is 0 Å². The number of nitrogens with one attached hydrogen (secondary N) is 1. The lowest BCUT2D eigenvalue weighted by Crippen LogP contribution is -2.46. The average molecular weight is 364 g/mol. The van der Waals surface area contributed by atoms with Crippen LogP contribution in [0.3, 0.4) is 0 Å². The highest BCUT2D eigenvalue weighted by Gasteiger charge is 2.19. The molecule has 6 nitrogen and oxygen atoms in total. The number of piperazine rings is 1. The van der Waals surface area contributed by atoms with Crippen LogP contribution in [0.25, 0.3) is 0 Å². The van der Waals surface area contributed by atoms with E-state index in [1.807, 2.05) is 6.07 Å². The first-order valence-electron chi connectivity index (χ1n) is 9.00. The third kappa shape index (κ3) is 4.38. The van der Waals surface area contributed by atoms with Crippen LogP contribution in [0.15, 0.2) is 60.8 Å². The largest absolute Gasteiger partial charge is 0.353 e. The number of halogens is 1. The van der Waals surface area contributed by atoms with Crippen molar-refractivity contribution in [3.05, 3.63) is 72.2 Å². The van der Waals surface area contributed by atoms with Gasteiger partial charge >= 0.3 is 0 Å². The Morgan fingerprint density at radius 2 is 1.67 bits per heavy atom. The molecule has 0 radical (unpaired) electrons. The van der Waals surface area contributed by atoms with E-state index in [1.165, 1.54) is 11.6 Å². The van der Waals surface area contributed by atoms with Crippen LogP contribution in [-0.2, 0) is 6.54 Å². The second kappa shape index (κ2) is 8.09. The van der Waals surface area contributed by atoms with Crippen LogP contribution in [0.1, 0.15) is 5.56 Å². The fourth-order valence-corrected chi connectivity index (χ4v) is 3.16. The van der Waals surface area contributed by atoms with Crippen LogP contribution < -0.4 is 10.2 Å². The van der Waals surface area contributed by atoms with Crippen molar-refractivity contribution in [2.45, 2.75) is 6.54 Å². The molecule has 0 aliphatic carbocycles. The van der Waals surface area contributed by atoms with Gasteiger partial charge in [0, 0.05) is 32.7 Å². The maximum Gasteiger partial charge on any atom is 0.249 e. The minimum absolute atomic E-state index is 0.296. The van der Waals surface area contributed by atoms with Crippen LogP contribution in [0.5, 0.6) is 0 Å². The van der Waals surface area contributed by atoms with Gasteiger partial charge in [-0.25, -0.2) is 4.39 Å². The number of para-hydroxylation sites is 1. The van der Waals surface area contributed by atoms with E-state index < -0.39 is 0 Å². The molecule has 1 saturated heterocycles. The van der Waals surface area contributed by atoms with Gasteiger partial charge in [0.2, 0.25) is 5.95 Å². The summed E-state index contributed by atoms with van der Waals surface area (Å²) in [7, 11) is 0. The summed E-state index contributed by atoms with van der Waals surface area (Å²) in [5.41, 5.74) is 1.66. The van der Waals surface area contributed by atoms with Gasteiger partial charge in [-0.3, -0.25) is 4.90 Å². The number of benzene rings is 2. The molecular weight excluding hydrogens is 343 g/mol. The molecule has 138 valence electrons. The van der Waals surface area contributed by atoms with E-state index in [-0.39, 0.29) is 5.82 Å². The molecule has 1 aliphatic rings. The lowest BCUT2D eigenvalue weighted by Gasteiger charge is -2.35. The van der Waals surface area contributed by atoms with Crippen LogP contribution in [-0.4, -0.2) is 46.3 Å². The van der Waals surface area contributed by atoms with Crippen LogP contribution in [0.2, 0.25) is 0 Å². The highest BCUT2D eigenvalue weighted by atomic mass is 19.1. The molecule has 27 heavy (non-hydrogen) atoms. The van der Waals surface area contributed by atoms with Crippen molar-refractivity contribution in [2.24, 2.45) is 0 Å². The molecule has 2 aromatic carbocycles. The summed E-state index contributed by atoms with van der Waals surface area (Å²) in [5, 5.41) is 10.9. The van der Waals surface area contributed by atoms with Crippen molar-refractivity contribution in [2.75, 3.05) is 36.4 Å². The number of rotatable bonds is 5. The third-order valence-electron chi connectivity index (χ3n) is 4.61. The van der Waals surface area contributed by atoms with Crippen molar-refractivity contribution in [1.29, 1.82) is 0 Å². The van der Waals surface area contributed by atoms with Crippen LogP contribution in [0.4, 0.5) is 21.8 Å². The van der Waals surface area contributed by atoms with Gasteiger partial charge in [0.05, 0.1) is 11.9 Å². The van der Waals surface area contributed by atoms with Crippen molar-refractivity contribution >= 4 is 17.5 Å².